The number of aliphatic hydroxyl groups is 1. The molecule has 0 radical (unpaired) electrons. The molecular weight excluding hydrogens is 297 g/mol. The Labute approximate surface area is 125 Å². The zero-order valence-electron chi connectivity index (χ0n) is 12.5. The summed E-state index contributed by atoms with van der Waals surface area (Å²) in [6.07, 6.45) is 0.312. The maximum Gasteiger partial charge on any atom is 0.165 e. The first-order valence-electron chi connectivity index (χ1n) is 6.59. The topological polar surface area (TPSA) is 75.6 Å². The second-order valence-electron chi connectivity index (χ2n) is 5.56. The van der Waals surface area contributed by atoms with E-state index in [0.717, 1.165) is 0 Å². The Kier molecular flexibility index (Phi) is 6.12. The van der Waals surface area contributed by atoms with Crippen LogP contribution in [0.2, 0.25) is 0 Å². The minimum atomic E-state index is -3.19. The summed E-state index contributed by atoms with van der Waals surface area (Å²) in [6, 6.07) is 5.93. The van der Waals surface area contributed by atoms with E-state index in [1.165, 1.54) is 18.4 Å². The summed E-state index contributed by atoms with van der Waals surface area (Å²) < 4.78 is 40.6. The molecule has 0 aliphatic carbocycles. The van der Waals surface area contributed by atoms with Gasteiger partial charge in [0.15, 0.2) is 21.4 Å². The van der Waals surface area contributed by atoms with Crippen LogP contribution in [0.3, 0.4) is 0 Å². The van der Waals surface area contributed by atoms with Crippen molar-refractivity contribution >= 4 is 9.84 Å². The van der Waals surface area contributed by atoms with Gasteiger partial charge in [0, 0.05) is 19.3 Å². The quantitative estimate of drug-likeness (QED) is 0.747. The van der Waals surface area contributed by atoms with E-state index < -0.39 is 26.5 Å². The molecule has 21 heavy (non-hydrogen) atoms. The Morgan fingerprint density at radius 1 is 1.38 bits per heavy atom. The fourth-order valence-electron chi connectivity index (χ4n) is 1.48. The first-order valence-corrected chi connectivity index (χ1v) is 8.48. The smallest absolute Gasteiger partial charge is 0.165 e. The summed E-state index contributed by atoms with van der Waals surface area (Å²) in [7, 11) is -3.19. The fraction of sp³-hybridized carbons (Fsp3) is 0.571. The Hall–Kier alpha value is -1.18. The fourth-order valence-corrected chi connectivity index (χ4v) is 1.84. The number of hydrogen-bond acceptors (Lipinski definition) is 5. The molecule has 2 N–H and O–H groups in total. The lowest BCUT2D eigenvalue weighted by Gasteiger charge is -2.23. The highest BCUT2D eigenvalue weighted by Crippen LogP contribution is 2.15. The molecule has 0 aliphatic heterocycles. The van der Waals surface area contributed by atoms with Gasteiger partial charge in [0.1, 0.15) is 12.7 Å². The molecule has 0 heterocycles. The highest BCUT2D eigenvalue weighted by molar-refractivity contribution is 7.92. The summed E-state index contributed by atoms with van der Waals surface area (Å²) >= 11 is 0. The van der Waals surface area contributed by atoms with Crippen LogP contribution in [-0.2, 0) is 9.84 Å². The minimum Gasteiger partial charge on any atom is -0.488 e. The molecule has 120 valence electrons. The van der Waals surface area contributed by atoms with Crippen LogP contribution in [0.15, 0.2) is 24.3 Å². The average molecular weight is 319 g/mol. The molecule has 0 saturated heterocycles. The summed E-state index contributed by atoms with van der Waals surface area (Å²) in [4.78, 5) is 0. The third-order valence-electron chi connectivity index (χ3n) is 3.20. The molecule has 0 spiro atoms. The van der Waals surface area contributed by atoms with Crippen LogP contribution in [-0.4, -0.2) is 50.3 Å². The van der Waals surface area contributed by atoms with E-state index in [2.05, 4.69) is 5.32 Å². The van der Waals surface area contributed by atoms with E-state index in [0.29, 0.717) is 0 Å². The van der Waals surface area contributed by atoms with Crippen molar-refractivity contribution in [1.82, 2.24) is 5.32 Å². The Balaban J connectivity index is 2.36. The normalized spacial score (nSPS) is 14.0. The number of para-hydroxylation sites is 1. The van der Waals surface area contributed by atoms with Crippen LogP contribution in [0, 0.1) is 5.82 Å². The molecule has 1 aromatic rings. The maximum absolute atomic E-state index is 13.3. The summed E-state index contributed by atoms with van der Waals surface area (Å²) in [5.74, 6) is -0.413. The second-order valence-corrected chi connectivity index (χ2v) is 8.21. The van der Waals surface area contributed by atoms with Crippen molar-refractivity contribution in [3.05, 3.63) is 30.1 Å². The molecule has 0 aromatic heterocycles. The van der Waals surface area contributed by atoms with E-state index in [1.54, 1.807) is 26.0 Å². The Morgan fingerprint density at radius 2 is 2.00 bits per heavy atom. The largest absolute Gasteiger partial charge is 0.488 e. The van der Waals surface area contributed by atoms with Gasteiger partial charge in [-0.15, -0.1) is 0 Å². The number of nitrogens with one attached hydrogen (secondary N) is 1. The molecule has 0 fully saturated rings. The zero-order valence-corrected chi connectivity index (χ0v) is 13.3. The molecule has 0 aliphatic rings. The Bertz CT molecular complexity index is 560. The van der Waals surface area contributed by atoms with E-state index in [1.807, 2.05) is 0 Å². The van der Waals surface area contributed by atoms with Gasteiger partial charge in [-0.3, -0.25) is 0 Å². The molecule has 0 amide bonds. The summed E-state index contributed by atoms with van der Waals surface area (Å²) in [6.45, 7) is 3.51. The molecule has 1 aromatic carbocycles. The lowest BCUT2D eigenvalue weighted by molar-refractivity contribution is 0.104. The Morgan fingerprint density at radius 3 is 2.57 bits per heavy atom. The van der Waals surface area contributed by atoms with Crippen LogP contribution in [0.4, 0.5) is 4.39 Å². The summed E-state index contributed by atoms with van der Waals surface area (Å²) in [5.41, 5.74) is 0. The van der Waals surface area contributed by atoms with Crippen molar-refractivity contribution in [3.8, 4) is 5.75 Å². The number of hydrogen-bond donors (Lipinski definition) is 2. The lowest BCUT2D eigenvalue weighted by atomic mass is 10.2. The van der Waals surface area contributed by atoms with E-state index in [-0.39, 0.29) is 25.4 Å². The standard InChI is InChI=1S/C14H22FNO4S/c1-14(2,21(3,18)19)10-16-8-11(17)9-20-13-7-5-4-6-12(13)15/h4-7,11,16-17H,8-10H2,1-3H3. The van der Waals surface area contributed by atoms with Gasteiger partial charge >= 0.3 is 0 Å². The predicted molar refractivity (Wildman–Crippen MR) is 79.7 cm³/mol. The maximum atomic E-state index is 13.3. The van der Waals surface area contributed by atoms with Gasteiger partial charge in [0.05, 0.1) is 4.75 Å². The highest BCUT2D eigenvalue weighted by atomic mass is 32.2. The number of benzene rings is 1. The zero-order chi connectivity index (χ0) is 16.1. The molecule has 5 nitrogen and oxygen atoms in total. The van der Waals surface area contributed by atoms with E-state index in [4.69, 9.17) is 4.74 Å². The molecule has 0 bridgehead atoms. The van der Waals surface area contributed by atoms with Gasteiger partial charge in [-0.1, -0.05) is 12.1 Å². The highest BCUT2D eigenvalue weighted by Gasteiger charge is 2.29. The predicted octanol–water partition coefficient (Wildman–Crippen LogP) is 0.978. The molecule has 1 unspecified atom stereocenters. The number of sulfone groups is 1. The van der Waals surface area contributed by atoms with Gasteiger partial charge in [0.2, 0.25) is 0 Å². The molecule has 0 saturated carbocycles. The van der Waals surface area contributed by atoms with Gasteiger partial charge in [0.25, 0.3) is 0 Å². The van der Waals surface area contributed by atoms with Crippen molar-refractivity contribution in [1.29, 1.82) is 0 Å². The van der Waals surface area contributed by atoms with Crippen LogP contribution in [0.5, 0.6) is 5.75 Å². The first-order chi connectivity index (χ1) is 9.63. The van der Waals surface area contributed by atoms with Crippen molar-refractivity contribution in [2.75, 3.05) is 26.0 Å². The monoisotopic (exact) mass is 319 g/mol. The van der Waals surface area contributed by atoms with Crippen molar-refractivity contribution in [2.45, 2.75) is 24.7 Å². The van der Waals surface area contributed by atoms with E-state index in [9.17, 15) is 17.9 Å². The minimum absolute atomic E-state index is 0.0762. The SMILES string of the molecule is CC(C)(CNCC(O)COc1ccccc1F)S(C)(=O)=O. The third-order valence-corrected chi connectivity index (χ3v) is 5.35. The van der Waals surface area contributed by atoms with Crippen molar-refractivity contribution < 1.29 is 22.7 Å². The van der Waals surface area contributed by atoms with E-state index >= 15 is 0 Å². The summed E-state index contributed by atoms with van der Waals surface area (Å²) in [5, 5.41) is 12.6. The number of halogens is 1. The number of ether oxygens (including phenoxy) is 1. The lowest BCUT2D eigenvalue weighted by Crippen LogP contribution is -2.44. The van der Waals surface area contributed by atoms with Gasteiger partial charge < -0.3 is 15.2 Å². The van der Waals surface area contributed by atoms with Crippen molar-refractivity contribution in [3.63, 3.8) is 0 Å². The van der Waals surface area contributed by atoms with Crippen LogP contribution in [0.1, 0.15) is 13.8 Å². The van der Waals surface area contributed by atoms with Gasteiger partial charge in [-0.05, 0) is 26.0 Å². The van der Waals surface area contributed by atoms with Crippen molar-refractivity contribution in [2.24, 2.45) is 0 Å². The van der Waals surface area contributed by atoms with Crippen LogP contribution < -0.4 is 10.1 Å². The van der Waals surface area contributed by atoms with Gasteiger partial charge in [-0.2, -0.15) is 0 Å². The number of rotatable bonds is 8. The number of aliphatic hydroxyl groups excluding tert-OH is 1. The first kappa shape index (κ1) is 17.9. The molecule has 1 rings (SSSR count). The van der Waals surface area contributed by atoms with Crippen LogP contribution >= 0.6 is 0 Å². The van der Waals surface area contributed by atoms with Crippen LogP contribution in [0.25, 0.3) is 0 Å². The second kappa shape index (κ2) is 7.20. The average Bonchev–Trinajstić information content (AvgIpc) is 2.36. The molecule has 1 atom stereocenters. The van der Waals surface area contributed by atoms with Gasteiger partial charge in [-0.25, -0.2) is 12.8 Å². The molecular formula is C14H22FNO4S. The third kappa shape index (κ3) is 5.61. The molecule has 7 heteroatoms.